The molecule has 0 aliphatic heterocycles. The Morgan fingerprint density at radius 3 is 2.64 bits per heavy atom. The zero-order valence-electron chi connectivity index (χ0n) is 16.3. The lowest BCUT2D eigenvalue weighted by Gasteiger charge is -2.11. The number of hydrogen-bond donors (Lipinski definition) is 1. The van der Waals surface area contributed by atoms with E-state index in [1.807, 2.05) is 32.0 Å². The first-order valence-electron chi connectivity index (χ1n) is 8.85. The molecule has 1 aromatic carbocycles. The number of hydrogen-bond acceptors (Lipinski definition) is 6. The number of H-pyrrole nitrogens is 1. The van der Waals surface area contributed by atoms with Gasteiger partial charge in [0.15, 0.2) is 0 Å². The maximum Gasteiger partial charge on any atom is 0.329 e. The quantitative estimate of drug-likeness (QED) is 0.640. The molecule has 148 valence electrons. The Kier molecular flexibility index (Phi) is 5.69. The molecule has 8 heteroatoms. The van der Waals surface area contributed by atoms with Gasteiger partial charge >= 0.3 is 11.7 Å². The summed E-state index contributed by atoms with van der Waals surface area (Å²) in [6.07, 6.45) is 0.481. The molecule has 2 heterocycles. The van der Waals surface area contributed by atoms with Crippen LogP contribution >= 0.6 is 11.3 Å². The third-order valence-corrected chi connectivity index (χ3v) is 5.64. The van der Waals surface area contributed by atoms with Crippen LogP contribution in [-0.2, 0) is 16.1 Å². The second-order valence-corrected chi connectivity index (χ2v) is 7.73. The number of fused-ring (bicyclic) bond motifs is 1. The predicted molar refractivity (Wildman–Crippen MR) is 109 cm³/mol. The smallest absolute Gasteiger partial charge is 0.329 e. The van der Waals surface area contributed by atoms with E-state index in [1.54, 1.807) is 7.11 Å². The molecule has 3 aromatic rings. The van der Waals surface area contributed by atoms with Crippen molar-refractivity contribution in [2.24, 2.45) is 0 Å². The fourth-order valence-corrected chi connectivity index (χ4v) is 4.31. The number of nitrogens with zero attached hydrogens (tertiary/aromatic N) is 1. The van der Waals surface area contributed by atoms with Crippen molar-refractivity contribution in [3.8, 4) is 16.9 Å². The van der Waals surface area contributed by atoms with Crippen molar-refractivity contribution in [2.75, 3.05) is 14.2 Å². The van der Waals surface area contributed by atoms with Gasteiger partial charge in [-0.2, -0.15) is 0 Å². The van der Waals surface area contributed by atoms with Crippen molar-refractivity contribution >= 4 is 27.5 Å². The summed E-state index contributed by atoms with van der Waals surface area (Å²) in [5.41, 5.74) is 1.77. The molecule has 0 amide bonds. The van der Waals surface area contributed by atoms with Crippen LogP contribution in [0.3, 0.4) is 0 Å². The third kappa shape index (κ3) is 3.60. The highest BCUT2D eigenvalue weighted by Gasteiger charge is 2.20. The van der Waals surface area contributed by atoms with Crippen molar-refractivity contribution in [3.63, 3.8) is 0 Å². The van der Waals surface area contributed by atoms with Gasteiger partial charge in [-0.1, -0.05) is 11.6 Å². The Morgan fingerprint density at radius 2 is 1.96 bits per heavy atom. The van der Waals surface area contributed by atoms with Gasteiger partial charge in [0.25, 0.3) is 5.56 Å². The van der Waals surface area contributed by atoms with Gasteiger partial charge in [-0.05, 0) is 32.4 Å². The van der Waals surface area contributed by atoms with E-state index in [0.29, 0.717) is 22.4 Å². The number of esters is 1. The van der Waals surface area contributed by atoms with Crippen molar-refractivity contribution in [2.45, 2.75) is 33.2 Å². The molecule has 0 spiro atoms. The summed E-state index contributed by atoms with van der Waals surface area (Å²) >= 11 is 1.37. The van der Waals surface area contributed by atoms with Gasteiger partial charge in [-0.3, -0.25) is 19.1 Å². The topological polar surface area (TPSA) is 90.4 Å². The van der Waals surface area contributed by atoms with Crippen LogP contribution in [0.15, 0.2) is 27.8 Å². The van der Waals surface area contributed by atoms with E-state index in [2.05, 4.69) is 9.72 Å². The number of benzene rings is 1. The van der Waals surface area contributed by atoms with E-state index in [9.17, 15) is 14.4 Å². The molecule has 7 nitrogen and oxygen atoms in total. The van der Waals surface area contributed by atoms with E-state index in [1.165, 1.54) is 18.4 Å². The Bertz CT molecular complexity index is 1160. The Morgan fingerprint density at radius 1 is 1.21 bits per heavy atom. The highest BCUT2D eigenvalue weighted by atomic mass is 32.1. The molecule has 0 aliphatic carbocycles. The van der Waals surface area contributed by atoms with Gasteiger partial charge in [-0.25, -0.2) is 4.79 Å². The van der Waals surface area contributed by atoms with E-state index in [0.717, 1.165) is 26.1 Å². The number of aromatic nitrogens is 2. The van der Waals surface area contributed by atoms with Crippen LogP contribution < -0.4 is 16.0 Å². The molecule has 28 heavy (non-hydrogen) atoms. The summed E-state index contributed by atoms with van der Waals surface area (Å²) in [4.78, 5) is 41.2. The molecule has 1 N–H and O–H groups in total. The van der Waals surface area contributed by atoms with Crippen LogP contribution in [0.1, 0.15) is 23.3 Å². The summed E-state index contributed by atoms with van der Waals surface area (Å²) in [5, 5.41) is 0.462. The predicted octanol–water partition coefficient (Wildman–Crippen LogP) is 3.00. The van der Waals surface area contributed by atoms with Gasteiger partial charge in [0.05, 0.1) is 19.6 Å². The van der Waals surface area contributed by atoms with Gasteiger partial charge in [0, 0.05) is 29.0 Å². The minimum absolute atomic E-state index is 0.137. The van der Waals surface area contributed by atoms with Gasteiger partial charge < -0.3 is 9.47 Å². The van der Waals surface area contributed by atoms with Crippen molar-refractivity contribution in [1.29, 1.82) is 0 Å². The normalized spacial score (nSPS) is 11.0. The Balaban J connectivity index is 2.18. The molecule has 2 aromatic heterocycles. The molecule has 0 atom stereocenters. The highest BCUT2D eigenvalue weighted by molar-refractivity contribution is 7.19. The number of nitrogens with one attached hydrogen (secondary N) is 1. The Labute approximate surface area is 165 Å². The van der Waals surface area contributed by atoms with Crippen LogP contribution in [0.4, 0.5) is 0 Å². The molecule has 0 aliphatic rings. The zero-order valence-corrected chi connectivity index (χ0v) is 17.1. The van der Waals surface area contributed by atoms with Gasteiger partial charge in [0.1, 0.15) is 10.6 Å². The number of ether oxygens (including phenoxy) is 2. The summed E-state index contributed by atoms with van der Waals surface area (Å²) in [5.74, 6) is 0.290. The molecule has 0 unspecified atom stereocenters. The first-order valence-corrected chi connectivity index (χ1v) is 9.67. The SMILES string of the molecule is COC(=O)CCCn1c(=O)[nH]c2sc(C)c(-c3cc(C)ccc3OC)c2c1=O. The van der Waals surface area contributed by atoms with Crippen molar-refractivity contribution in [3.05, 3.63) is 49.5 Å². The fourth-order valence-electron chi connectivity index (χ4n) is 3.26. The molecule has 0 bridgehead atoms. The molecule has 0 saturated carbocycles. The largest absolute Gasteiger partial charge is 0.496 e. The average Bonchev–Trinajstić information content (AvgIpc) is 2.99. The molecular formula is C20H22N2O5S. The molecule has 0 radical (unpaired) electrons. The lowest BCUT2D eigenvalue weighted by molar-refractivity contribution is -0.140. The van der Waals surface area contributed by atoms with Crippen molar-refractivity contribution in [1.82, 2.24) is 9.55 Å². The third-order valence-electron chi connectivity index (χ3n) is 4.62. The minimum atomic E-state index is -0.480. The second-order valence-electron chi connectivity index (χ2n) is 6.51. The summed E-state index contributed by atoms with van der Waals surface area (Å²) in [7, 11) is 2.90. The number of carbonyl (C=O) groups is 1. The van der Waals surface area contributed by atoms with Crippen LogP contribution in [0.25, 0.3) is 21.3 Å². The highest BCUT2D eigenvalue weighted by Crippen LogP contribution is 2.40. The lowest BCUT2D eigenvalue weighted by Crippen LogP contribution is -2.35. The number of thiophene rings is 1. The van der Waals surface area contributed by atoms with Crippen LogP contribution in [0.2, 0.25) is 0 Å². The molecule has 0 fully saturated rings. The molecular weight excluding hydrogens is 380 g/mol. The zero-order chi connectivity index (χ0) is 20.4. The van der Waals surface area contributed by atoms with E-state index in [4.69, 9.17) is 4.74 Å². The number of methoxy groups -OCH3 is 2. The molecule has 0 saturated heterocycles. The standard InChI is InChI=1S/C20H22N2O5S/c1-11-7-8-14(26-3)13(10-11)16-12(2)28-18-17(16)19(24)22(20(25)21-18)9-5-6-15(23)27-4/h7-8,10H,5-6,9H2,1-4H3,(H,21,25). The summed E-state index contributed by atoms with van der Waals surface area (Å²) < 4.78 is 11.3. The number of carbonyl (C=O) groups excluding carboxylic acids is 1. The first kappa shape index (κ1) is 19.9. The van der Waals surface area contributed by atoms with Crippen LogP contribution in [0.5, 0.6) is 5.75 Å². The second kappa shape index (κ2) is 8.02. The van der Waals surface area contributed by atoms with Crippen molar-refractivity contribution < 1.29 is 14.3 Å². The fraction of sp³-hybridized carbons (Fsp3) is 0.350. The van der Waals surface area contributed by atoms with E-state index in [-0.39, 0.29) is 24.5 Å². The van der Waals surface area contributed by atoms with Crippen LogP contribution in [0, 0.1) is 13.8 Å². The van der Waals surface area contributed by atoms with Gasteiger partial charge in [0.2, 0.25) is 0 Å². The Hall–Kier alpha value is -2.87. The first-order chi connectivity index (χ1) is 13.4. The maximum absolute atomic E-state index is 13.2. The number of aryl methyl sites for hydroxylation is 2. The number of rotatable bonds is 6. The van der Waals surface area contributed by atoms with Crippen LogP contribution in [-0.4, -0.2) is 29.7 Å². The minimum Gasteiger partial charge on any atom is -0.496 e. The number of aromatic amines is 1. The summed E-state index contributed by atoms with van der Waals surface area (Å²) in [6.45, 7) is 4.03. The summed E-state index contributed by atoms with van der Waals surface area (Å²) in [6, 6.07) is 5.78. The van der Waals surface area contributed by atoms with Gasteiger partial charge in [-0.15, -0.1) is 11.3 Å². The van der Waals surface area contributed by atoms with E-state index >= 15 is 0 Å². The van der Waals surface area contributed by atoms with E-state index < -0.39 is 5.69 Å². The molecule has 3 rings (SSSR count). The average molecular weight is 402 g/mol. The lowest BCUT2D eigenvalue weighted by atomic mass is 10.0. The monoisotopic (exact) mass is 402 g/mol. The maximum atomic E-state index is 13.2.